The van der Waals surface area contributed by atoms with Gasteiger partial charge >= 0.3 is 5.97 Å². The molecular formula is C12H15N3O3. The summed E-state index contributed by atoms with van der Waals surface area (Å²) in [4.78, 5) is 24.3. The first kappa shape index (κ1) is 12.2. The predicted molar refractivity (Wildman–Crippen MR) is 67.8 cm³/mol. The Labute approximate surface area is 104 Å². The van der Waals surface area contributed by atoms with E-state index in [9.17, 15) is 9.59 Å². The Morgan fingerprint density at radius 2 is 2.22 bits per heavy atom. The number of anilines is 2. The molecule has 1 aliphatic rings. The zero-order chi connectivity index (χ0) is 13.3. The van der Waals surface area contributed by atoms with Crippen molar-refractivity contribution in [3.63, 3.8) is 0 Å². The number of carboxylic acids is 1. The second-order valence-electron chi connectivity index (χ2n) is 4.30. The predicted octanol–water partition coefficient (Wildman–Crippen LogP) is 0.212. The molecule has 1 amide bonds. The molecule has 96 valence electrons. The van der Waals surface area contributed by atoms with Crippen molar-refractivity contribution in [2.45, 2.75) is 6.92 Å². The van der Waals surface area contributed by atoms with Gasteiger partial charge in [-0.15, -0.1) is 0 Å². The van der Waals surface area contributed by atoms with E-state index in [0.717, 1.165) is 0 Å². The summed E-state index contributed by atoms with van der Waals surface area (Å²) in [5, 5.41) is 11.8. The van der Waals surface area contributed by atoms with E-state index >= 15 is 0 Å². The number of nitrogens with two attached hydrogens (primary N) is 1. The second kappa shape index (κ2) is 4.56. The Kier molecular flexibility index (Phi) is 3.10. The molecule has 1 aromatic rings. The summed E-state index contributed by atoms with van der Waals surface area (Å²) in [6.45, 7) is 3.22. The molecule has 0 spiro atoms. The van der Waals surface area contributed by atoms with Crippen LogP contribution < -0.4 is 16.0 Å². The number of nitrogens with one attached hydrogen (secondary N) is 1. The molecule has 1 fully saturated rings. The molecule has 0 aromatic heterocycles. The van der Waals surface area contributed by atoms with Crippen LogP contribution in [0.15, 0.2) is 12.1 Å². The maximum absolute atomic E-state index is 11.3. The third-order valence-corrected chi connectivity index (χ3v) is 3.01. The Bertz CT molecular complexity index is 514. The third-order valence-electron chi connectivity index (χ3n) is 3.01. The maximum Gasteiger partial charge on any atom is 0.337 e. The molecule has 0 radical (unpaired) electrons. The summed E-state index contributed by atoms with van der Waals surface area (Å²) in [5.41, 5.74) is 7.50. The van der Waals surface area contributed by atoms with Crippen LogP contribution in [0.1, 0.15) is 15.9 Å². The Hall–Kier alpha value is -2.24. The summed E-state index contributed by atoms with van der Waals surface area (Å²) in [6.07, 6.45) is 0. The van der Waals surface area contributed by atoms with E-state index < -0.39 is 5.97 Å². The topological polar surface area (TPSA) is 95.7 Å². The quantitative estimate of drug-likeness (QED) is 0.651. The van der Waals surface area contributed by atoms with Gasteiger partial charge in [-0.05, 0) is 24.6 Å². The van der Waals surface area contributed by atoms with Gasteiger partial charge in [0.2, 0.25) is 5.91 Å². The van der Waals surface area contributed by atoms with Crippen LogP contribution in [0.5, 0.6) is 0 Å². The third kappa shape index (κ3) is 2.22. The van der Waals surface area contributed by atoms with Crippen molar-refractivity contribution in [1.29, 1.82) is 0 Å². The standard InChI is InChI=1S/C12H15N3O3/c1-7-4-8(5-9(11(7)13)12(17)18)15-3-2-14-10(16)6-15/h4-5H,2-3,6,13H2,1H3,(H,14,16)(H,17,18). The fourth-order valence-electron chi connectivity index (χ4n) is 2.00. The SMILES string of the molecule is Cc1cc(N2CCNC(=O)C2)cc(C(=O)O)c1N. The lowest BCUT2D eigenvalue weighted by molar-refractivity contribution is -0.120. The van der Waals surface area contributed by atoms with E-state index in [-0.39, 0.29) is 23.7 Å². The Morgan fingerprint density at radius 3 is 2.83 bits per heavy atom. The molecule has 1 aromatic carbocycles. The largest absolute Gasteiger partial charge is 0.478 e. The Morgan fingerprint density at radius 1 is 1.50 bits per heavy atom. The average molecular weight is 249 g/mol. The lowest BCUT2D eigenvalue weighted by Gasteiger charge is -2.29. The lowest BCUT2D eigenvalue weighted by Crippen LogP contribution is -2.47. The molecular weight excluding hydrogens is 234 g/mol. The number of hydrogen-bond donors (Lipinski definition) is 3. The van der Waals surface area contributed by atoms with Gasteiger partial charge in [0, 0.05) is 24.5 Å². The highest BCUT2D eigenvalue weighted by Gasteiger charge is 2.19. The number of carbonyl (C=O) groups excluding carboxylic acids is 1. The molecule has 0 unspecified atom stereocenters. The molecule has 0 aliphatic carbocycles. The number of aromatic carboxylic acids is 1. The summed E-state index contributed by atoms with van der Waals surface area (Å²) < 4.78 is 0. The lowest BCUT2D eigenvalue weighted by atomic mass is 10.1. The van der Waals surface area contributed by atoms with Gasteiger partial charge in [-0.2, -0.15) is 0 Å². The molecule has 6 heteroatoms. The van der Waals surface area contributed by atoms with Gasteiger partial charge in [-0.3, -0.25) is 4.79 Å². The maximum atomic E-state index is 11.3. The molecule has 4 N–H and O–H groups in total. The first-order valence-electron chi connectivity index (χ1n) is 5.64. The number of amides is 1. The summed E-state index contributed by atoms with van der Waals surface area (Å²) in [5.74, 6) is -1.12. The molecule has 18 heavy (non-hydrogen) atoms. The molecule has 1 aliphatic heterocycles. The van der Waals surface area contributed by atoms with Crippen LogP contribution in [0.4, 0.5) is 11.4 Å². The number of rotatable bonds is 2. The number of hydrogen-bond acceptors (Lipinski definition) is 4. The first-order valence-corrected chi connectivity index (χ1v) is 5.64. The highest BCUT2D eigenvalue weighted by atomic mass is 16.4. The fraction of sp³-hybridized carbons (Fsp3) is 0.333. The van der Waals surface area contributed by atoms with E-state index in [2.05, 4.69) is 5.32 Å². The van der Waals surface area contributed by atoms with Crippen molar-refractivity contribution in [1.82, 2.24) is 5.32 Å². The van der Waals surface area contributed by atoms with Gasteiger partial charge in [0.25, 0.3) is 0 Å². The summed E-state index contributed by atoms with van der Waals surface area (Å²) in [7, 11) is 0. The molecule has 1 heterocycles. The number of carbonyl (C=O) groups is 2. The normalized spacial score (nSPS) is 15.4. The van der Waals surface area contributed by atoms with Crippen molar-refractivity contribution in [3.8, 4) is 0 Å². The van der Waals surface area contributed by atoms with E-state index in [1.165, 1.54) is 6.07 Å². The van der Waals surface area contributed by atoms with Crippen molar-refractivity contribution in [2.75, 3.05) is 30.3 Å². The average Bonchev–Trinajstić information content (AvgIpc) is 2.32. The summed E-state index contributed by atoms with van der Waals surface area (Å²) in [6, 6.07) is 3.32. The highest BCUT2D eigenvalue weighted by Crippen LogP contribution is 2.25. The van der Waals surface area contributed by atoms with Gasteiger partial charge in [0.1, 0.15) is 0 Å². The van der Waals surface area contributed by atoms with Gasteiger partial charge in [-0.25, -0.2) is 4.79 Å². The van der Waals surface area contributed by atoms with E-state index in [4.69, 9.17) is 10.8 Å². The van der Waals surface area contributed by atoms with Crippen LogP contribution >= 0.6 is 0 Å². The number of carboxylic acid groups (broad SMARTS) is 1. The van der Waals surface area contributed by atoms with Crippen LogP contribution in [0.3, 0.4) is 0 Å². The molecule has 6 nitrogen and oxygen atoms in total. The van der Waals surface area contributed by atoms with Crippen LogP contribution in [0.25, 0.3) is 0 Å². The van der Waals surface area contributed by atoms with Gasteiger partial charge < -0.3 is 21.1 Å². The van der Waals surface area contributed by atoms with Crippen LogP contribution in [-0.2, 0) is 4.79 Å². The van der Waals surface area contributed by atoms with Crippen LogP contribution in [0, 0.1) is 6.92 Å². The molecule has 0 atom stereocenters. The van der Waals surface area contributed by atoms with Gasteiger partial charge in [-0.1, -0.05) is 0 Å². The van der Waals surface area contributed by atoms with Crippen LogP contribution in [-0.4, -0.2) is 36.6 Å². The minimum Gasteiger partial charge on any atom is -0.478 e. The fourth-order valence-corrected chi connectivity index (χ4v) is 2.00. The smallest absolute Gasteiger partial charge is 0.337 e. The van der Waals surface area contributed by atoms with Gasteiger partial charge in [0.05, 0.1) is 12.1 Å². The summed E-state index contributed by atoms with van der Waals surface area (Å²) >= 11 is 0. The van der Waals surface area contributed by atoms with Crippen molar-refractivity contribution < 1.29 is 14.7 Å². The van der Waals surface area contributed by atoms with E-state index in [0.29, 0.717) is 24.3 Å². The number of piperazine rings is 1. The number of nitrogens with zero attached hydrogens (tertiary/aromatic N) is 1. The van der Waals surface area contributed by atoms with Crippen molar-refractivity contribution in [2.24, 2.45) is 0 Å². The Balaban J connectivity index is 2.39. The van der Waals surface area contributed by atoms with Gasteiger partial charge in [0.15, 0.2) is 0 Å². The van der Waals surface area contributed by atoms with E-state index in [1.54, 1.807) is 13.0 Å². The minimum atomic E-state index is -1.06. The molecule has 0 bridgehead atoms. The van der Waals surface area contributed by atoms with Crippen molar-refractivity contribution >= 4 is 23.3 Å². The van der Waals surface area contributed by atoms with Crippen LogP contribution in [0.2, 0.25) is 0 Å². The monoisotopic (exact) mass is 249 g/mol. The minimum absolute atomic E-state index is 0.0624. The molecule has 2 rings (SSSR count). The first-order chi connectivity index (χ1) is 8.49. The second-order valence-corrected chi connectivity index (χ2v) is 4.30. The number of benzene rings is 1. The number of aryl methyl sites for hydroxylation is 1. The zero-order valence-corrected chi connectivity index (χ0v) is 10.1. The zero-order valence-electron chi connectivity index (χ0n) is 10.1. The van der Waals surface area contributed by atoms with Crippen molar-refractivity contribution in [3.05, 3.63) is 23.3 Å². The molecule has 0 saturated carbocycles. The number of nitrogen functional groups attached to an aromatic ring is 1. The van der Waals surface area contributed by atoms with E-state index in [1.807, 2.05) is 4.90 Å². The highest BCUT2D eigenvalue weighted by molar-refractivity contribution is 5.96. The molecule has 1 saturated heterocycles.